The Hall–Kier alpha value is -2.17. The van der Waals surface area contributed by atoms with Gasteiger partial charge in [-0.25, -0.2) is 0 Å². The first-order chi connectivity index (χ1) is 7.25. The van der Waals surface area contributed by atoms with Crippen LogP contribution in [0, 0.1) is 6.92 Å². The van der Waals surface area contributed by atoms with E-state index in [4.69, 9.17) is 0 Å². The van der Waals surface area contributed by atoms with Crippen LogP contribution in [0.15, 0.2) is 29.3 Å². The number of H-pyrrole nitrogens is 1. The molecular weight excluding hydrogens is 192 g/mol. The smallest absolute Gasteiger partial charge is 0.294 e. The largest absolute Gasteiger partial charge is 0.317 e. The van der Waals surface area contributed by atoms with Gasteiger partial charge in [0.25, 0.3) is 5.56 Å². The number of benzene rings is 1. The second-order valence-electron chi connectivity index (χ2n) is 3.50. The molecule has 5 heteroatoms. The zero-order valence-electron chi connectivity index (χ0n) is 8.06. The summed E-state index contributed by atoms with van der Waals surface area (Å²) in [6, 6.07) is 5.82. The van der Waals surface area contributed by atoms with Gasteiger partial charge in [0.2, 0.25) is 5.65 Å². The summed E-state index contributed by atoms with van der Waals surface area (Å²) in [6.07, 6.45) is 1.55. The fourth-order valence-electron chi connectivity index (χ4n) is 1.69. The molecule has 0 saturated heterocycles. The number of aromatic nitrogens is 4. The van der Waals surface area contributed by atoms with Crippen molar-refractivity contribution in [1.29, 1.82) is 0 Å². The summed E-state index contributed by atoms with van der Waals surface area (Å²) in [6.45, 7) is 2.00. The highest BCUT2D eigenvalue weighted by Crippen LogP contribution is 2.12. The summed E-state index contributed by atoms with van der Waals surface area (Å²) in [4.78, 5) is 14.3. The van der Waals surface area contributed by atoms with Gasteiger partial charge >= 0.3 is 0 Å². The molecule has 0 spiro atoms. The van der Waals surface area contributed by atoms with E-state index in [0.29, 0.717) is 5.65 Å². The Morgan fingerprint density at radius 2 is 2.27 bits per heavy atom. The van der Waals surface area contributed by atoms with Gasteiger partial charge in [-0.1, -0.05) is 6.07 Å². The molecule has 0 aliphatic carbocycles. The summed E-state index contributed by atoms with van der Waals surface area (Å²) < 4.78 is 1.70. The summed E-state index contributed by atoms with van der Waals surface area (Å²) >= 11 is 0. The molecule has 0 bridgehead atoms. The standard InChI is InChI=1S/C10H8N4O/c1-6-2-3-7-8(4-6)14-5-11-13-9(14)10(15)12-7/h2-5H,1H3,(H,12,15). The Bertz CT molecular complexity index is 710. The van der Waals surface area contributed by atoms with Crippen molar-refractivity contribution in [2.24, 2.45) is 0 Å². The predicted octanol–water partition coefficient (Wildman–Crippen LogP) is 0.879. The van der Waals surface area contributed by atoms with E-state index in [-0.39, 0.29) is 5.56 Å². The highest BCUT2D eigenvalue weighted by atomic mass is 16.1. The number of hydrogen-bond acceptors (Lipinski definition) is 3. The van der Waals surface area contributed by atoms with Gasteiger partial charge in [-0.2, -0.15) is 0 Å². The van der Waals surface area contributed by atoms with Crippen molar-refractivity contribution < 1.29 is 0 Å². The molecule has 1 aromatic carbocycles. The van der Waals surface area contributed by atoms with E-state index in [9.17, 15) is 4.79 Å². The lowest BCUT2D eigenvalue weighted by atomic mass is 10.2. The van der Waals surface area contributed by atoms with Crippen molar-refractivity contribution in [3.05, 3.63) is 40.4 Å². The van der Waals surface area contributed by atoms with E-state index < -0.39 is 0 Å². The molecule has 0 saturated carbocycles. The molecule has 3 aromatic rings. The molecule has 74 valence electrons. The zero-order valence-corrected chi connectivity index (χ0v) is 8.06. The van der Waals surface area contributed by atoms with Gasteiger partial charge in [0.1, 0.15) is 6.33 Å². The molecule has 2 aromatic heterocycles. The fraction of sp³-hybridized carbons (Fsp3) is 0.100. The first-order valence-electron chi connectivity index (χ1n) is 4.58. The molecule has 3 rings (SSSR count). The lowest BCUT2D eigenvalue weighted by Gasteiger charge is -2.01. The molecule has 5 nitrogen and oxygen atoms in total. The van der Waals surface area contributed by atoms with Crippen molar-refractivity contribution in [2.45, 2.75) is 6.92 Å². The van der Waals surface area contributed by atoms with Gasteiger partial charge in [0, 0.05) is 0 Å². The van der Waals surface area contributed by atoms with Gasteiger partial charge in [-0.05, 0) is 24.6 Å². The number of aryl methyl sites for hydroxylation is 1. The number of aromatic amines is 1. The van der Waals surface area contributed by atoms with Gasteiger partial charge in [0.15, 0.2) is 0 Å². The van der Waals surface area contributed by atoms with Crippen LogP contribution in [-0.2, 0) is 0 Å². The van der Waals surface area contributed by atoms with Crippen LogP contribution in [0.1, 0.15) is 5.56 Å². The van der Waals surface area contributed by atoms with Gasteiger partial charge < -0.3 is 4.98 Å². The average Bonchev–Trinajstić information content (AvgIpc) is 2.69. The Labute approximate surface area is 84.4 Å². The maximum atomic E-state index is 11.6. The molecule has 2 heterocycles. The summed E-state index contributed by atoms with van der Waals surface area (Å²) in [5, 5.41) is 7.50. The second kappa shape index (κ2) is 2.66. The Morgan fingerprint density at radius 3 is 3.13 bits per heavy atom. The highest BCUT2D eigenvalue weighted by Gasteiger charge is 2.05. The van der Waals surface area contributed by atoms with Crippen LogP contribution in [0.3, 0.4) is 0 Å². The fourth-order valence-corrected chi connectivity index (χ4v) is 1.69. The predicted molar refractivity (Wildman–Crippen MR) is 55.9 cm³/mol. The lowest BCUT2D eigenvalue weighted by Crippen LogP contribution is -2.10. The van der Waals surface area contributed by atoms with E-state index >= 15 is 0 Å². The van der Waals surface area contributed by atoms with E-state index in [1.165, 1.54) is 0 Å². The average molecular weight is 200 g/mol. The minimum Gasteiger partial charge on any atom is -0.317 e. The third kappa shape index (κ3) is 1.06. The van der Waals surface area contributed by atoms with Gasteiger partial charge in [-0.3, -0.25) is 9.20 Å². The van der Waals surface area contributed by atoms with Crippen molar-refractivity contribution >= 4 is 16.7 Å². The molecule has 0 aliphatic heterocycles. The van der Waals surface area contributed by atoms with Crippen LogP contribution < -0.4 is 5.56 Å². The first-order valence-corrected chi connectivity index (χ1v) is 4.58. The van der Waals surface area contributed by atoms with Crippen molar-refractivity contribution in [3.8, 4) is 0 Å². The zero-order chi connectivity index (χ0) is 10.4. The molecular formula is C10H8N4O. The number of nitrogens with zero attached hydrogens (tertiary/aromatic N) is 3. The van der Waals surface area contributed by atoms with Crippen LogP contribution in [0.5, 0.6) is 0 Å². The number of hydrogen-bond donors (Lipinski definition) is 1. The number of fused-ring (bicyclic) bond motifs is 3. The minimum absolute atomic E-state index is 0.219. The maximum absolute atomic E-state index is 11.6. The van der Waals surface area contributed by atoms with Crippen molar-refractivity contribution in [3.63, 3.8) is 0 Å². The molecule has 0 unspecified atom stereocenters. The van der Waals surface area contributed by atoms with Crippen molar-refractivity contribution in [2.75, 3.05) is 0 Å². The molecule has 0 radical (unpaired) electrons. The van der Waals surface area contributed by atoms with Crippen LogP contribution in [0.4, 0.5) is 0 Å². The summed E-state index contributed by atoms with van der Waals surface area (Å²) in [7, 11) is 0. The number of rotatable bonds is 0. The SMILES string of the molecule is Cc1ccc2[nH]c(=O)c3nncn3c2c1. The van der Waals surface area contributed by atoms with E-state index in [1.54, 1.807) is 10.7 Å². The topological polar surface area (TPSA) is 63.0 Å². The second-order valence-corrected chi connectivity index (χ2v) is 3.50. The molecule has 0 atom stereocenters. The van der Waals surface area contributed by atoms with Gasteiger partial charge in [0.05, 0.1) is 11.0 Å². The Balaban J connectivity index is 2.67. The molecule has 0 fully saturated rings. The van der Waals surface area contributed by atoms with E-state index in [1.807, 2.05) is 25.1 Å². The third-order valence-electron chi connectivity index (χ3n) is 2.41. The molecule has 15 heavy (non-hydrogen) atoms. The Kier molecular flexibility index (Phi) is 1.45. The third-order valence-corrected chi connectivity index (χ3v) is 2.41. The van der Waals surface area contributed by atoms with E-state index in [2.05, 4.69) is 15.2 Å². The number of nitrogens with one attached hydrogen (secondary N) is 1. The first kappa shape index (κ1) is 8.16. The van der Waals surface area contributed by atoms with Crippen LogP contribution in [-0.4, -0.2) is 19.6 Å². The molecule has 0 amide bonds. The van der Waals surface area contributed by atoms with E-state index in [0.717, 1.165) is 16.6 Å². The highest BCUT2D eigenvalue weighted by molar-refractivity contribution is 5.77. The van der Waals surface area contributed by atoms with Crippen LogP contribution in [0.2, 0.25) is 0 Å². The summed E-state index contributed by atoms with van der Waals surface area (Å²) in [5.74, 6) is 0. The summed E-state index contributed by atoms with van der Waals surface area (Å²) in [5.41, 5.74) is 2.94. The normalized spacial score (nSPS) is 11.3. The lowest BCUT2D eigenvalue weighted by molar-refractivity contribution is 1.11. The minimum atomic E-state index is -0.219. The van der Waals surface area contributed by atoms with Crippen LogP contribution >= 0.6 is 0 Å². The quantitative estimate of drug-likeness (QED) is 0.586. The molecule has 1 N–H and O–H groups in total. The maximum Gasteiger partial charge on any atom is 0.294 e. The molecule has 0 aliphatic rings. The van der Waals surface area contributed by atoms with Crippen molar-refractivity contribution in [1.82, 2.24) is 19.6 Å². The Morgan fingerprint density at radius 1 is 1.40 bits per heavy atom. The van der Waals surface area contributed by atoms with Crippen LogP contribution in [0.25, 0.3) is 16.7 Å². The monoisotopic (exact) mass is 200 g/mol. The van der Waals surface area contributed by atoms with Gasteiger partial charge in [-0.15, -0.1) is 10.2 Å².